The van der Waals surface area contributed by atoms with Crippen LogP contribution in [0.2, 0.25) is 0 Å². The minimum atomic E-state index is -3.44. The molecule has 9 nitrogen and oxygen atoms in total. The van der Waals surface area contributed by atoms with Gasteiger partial charge in [-0.05, 0) is 73.2 Å². The number of carboxylic acid groups (broad SMARTS) is 1. The van der Waals surface area contributed by atoms with Crippen LogP contribution < -0.4 is 14.9 Å². The molecule has 2 aromatic carbocycles. The SMILES string of the molecule is Cc1cc(N2C(=S)N[C@@H](c3ccccn3)[C@H]2c2ccc(-c3ccccc3C(=O)O)o2)ccc1NS(C)(=O)=O. The summed E-state index contributed by atoms with van der Waals surface area (Å²) in [6, 6.07) is 20.3. The third kappa shape index (κ3) is 4.98. The minimum Gasteiger partial charge on any atom is -0.478 e. The number of hydrogen-bond donors (Lipinski definition) is 3. The number of carbonyl (C=O) groups is 1. The van der Waals surface area contributed by atoms with Crippen LogP contribution in [-0.4, -0.2) is 35.8 Å². The number of benzene rings is 2. The maximum atomic E-state index is 11.8. The van der Waals surface area contributed by atoms with E-state index in [0.29, 0.717) is 33.4 Å². The van der Waals surface area contributed by atoms with E-state index >= 15 is 0 Å². The number of sulfonamides is 1. The molecule has 1 fully saturated rings. The predicted octanol–water partition coefficient (Wildman–Crippen LogP) is 4.90. The third-order valence-electron chi connectivity index (χ3n) is 6.22. The van der Waals surface area contributed by atoms with Gasteiger partial charge in [0, 0.05) is 17.4 Å². The van der Waals surface area contributed by atoms with Crippen LogP contribution in [0.25, 0.3) is 11.3 Å². The number of nitrogens with zero attached hydrogens (tertiary/aromatic N) is 2. The van der Waals surface area contributed by atoms with Gasteiger partial charge >= 0.3 is 5.97 Å². The second-order valence-corrected chi connectivity index (χ2v) is 11.1. The van der Waals surface area contributed by atoms with E-state index in [1.165, 1.54) is 6.07 Å². The molecule has 2 aromatic heterocycles. The highest BCUT2D eigenvalue weighted by atomic mass is 32.2. The molecule has 3 heterocycles. The summed E-state index contributed by atoms with van der Waals surface area (Å²) in [5.74, 6) is -0.0767. The summed E-state index contributed by atoms with van der Waals surface area (Å²) >= 11 is 5.75. The topological polar surface area (TPSA) is 125 Å². The normalized spacial score (nSPS) is 17.3. The number of aromatic nitrogens is 1. The molecule has 0 amide bonds. The molecule has 3 N–H and O–H groups in total. The molecule has 0 unspecified atom stereocenters. The zero-order valence-electron chi connectivity index (χ0n) is 20.5. The van der Waals surface area contributed by atoms with E-state index in [0.717, 1.165) is 17.6 Å². The molecule has 5 rings (SSSR count). The molecule has 194 valence electrons. The Morgan fingerprint density at radius 1 is 1.11 bits per heavy atom. The zero-order valence-corrected chi connectivity index (χ0v) is 22.1. The van der Waals surface area contributed by atoms with Crippen LogP contribution in [0, 0.1) is 6.92 Å². The van der Waals surface area contributed by atoms with Gasteiger partial charge in [0.15, 0.2) is 5.11 Å². The lowest BCUT2D eigenvalue weighted by Gasteiger charge is -2.26. The lowest BCUT2D eigenvalue weighted by atomic mass is 10.0. The first-order valence-electron chi connectivity index (χ1n) is 11.6. The molecule has 0 radical (unpaired) electrons. The smallest absolute Gasteiger partial charge is 0.336 e. The van der Waals surface area contributed by atoms with Crippen LogP contribution in [0.3, 0.4) is 0 Å². The zero-order chi connectivity index (χ0) is 27.0. The van der Waals surface area contributed by atoms with Crippen molar-refractivity contribution in [2.24, 2.45) is 0 Å². The first kappa shape index (κ1) is 25.4. The molecule has 1 saturated heterocycles. The lowest BCUT2D eigenvalue weighted by Crippen LogP contribution is -2.29. The highest BCUT2D eigenvalue weighted by Crippen LogP contribution is 2.43. The predicted molar refractivity (Wildman–Crippen MR) is 149 cm³/mol. The van der Waals surface area contributed by atoms with E-state index in [1.807, 2.05) is 42.2 Å². The van der Waals surface area contributed by atoms with Gasteiger partial charge in [0.1, 0.15) is 17.6 Å². The molecule has 38 heavy (non-hydrogen) atoms. The van der Waals surface area contributed by atoms with Crippen molar-refractivity contribution in [3.63, 3.8) is 0 Å². The Kier molecular flexibility index (Phi) is 6.64. The van der Waals surface area contributed by atoms with Gasteiger partial charge in [-0.1, -0.05) is 24.3 Å². The quantitative estimate of drug-likeness (QED) is 0.277. The van der Waals surface area contributed by atoms with Gasteiger partial charge < -0.3 is 19.7 Å². The highest BCUT2D eigenvalue weighted by molar-refractivity contribution is 7.92. The summed E-state index contributed by atoms with van der Waals surface area (Å²) in [7, 11) is -3.44. The van der Waals surface area contributed by atoms with Gasteiger partial charge in [-0.2, -0.15) is 0 Å². The number of thiocarbonyl (C=S) groups is 1. The van der Waals surface area contributed by atoms with Crippen molar-refractivity contribution in [1.29, 1.82) is 0 Å². The number of hydrogen-bond acceptors (Lipinski definition) is 6. The van der Waals surface area contributed by atoms with Crippen LogP contribution in [0.15, 0.2) is 83.4 Å². The van der Waals surface area contributed by atoms with Gasteiger partial charge in [0.2, 0.25) is 10.0 Å². The van der Waals surface area contributed by atoms with Crippen molar-refractivity contribution in [3.05, 3.63) is 102 Å². The van der Waals surface area contributed by atoms with Crippen LogP contribution in [0.1, 0.15) is 39.5 Å². The second-order valence-electron chi connectivity index (χ2n) is 8.92. The van der Waals surface area contributed by atoms with E-state index < -0.39 is 22.0 Å². The number of pyridine rings is 1. The molecule has 1 aliphatic rings. The van der Waals surface area contributed by atoms with Crippen molar-refractivity contribution in [1.82, 2.24) is 10.3 Å². The molecule has 11 heteroatoms. The van der Waals surface area contributed by atoms with E-state index in [2.05, 4.69) is 15.0 Å². The van der Waals surface area contributed by atoms with Crippen molar-refractivity contribution < 1.29 is 22.7 Å². The Hall–Kier alpha value is -4.22. The summed E-state index contributed by atoms with van der Waals surface area (Å²) in [6.07, 6.45) is 2.80. The van der Waals surface area contributed by atoms with Crippen LogP contribution >= 0.6 is 12.2 Å². The van der Waals surface area contributed by atoms with Crippen LogP contribution in [0.5, 0.6) is 0 Å². The number of carboxylic acids is 1. The van der Waals surface area contributed by atoms with Crippen molar-refractivity contribution >= 4 is 44.7 Å². The Balaban J connectivity index is 1.60. The number of anilines is 2. The molecule has 0 bridgehead atoms. The summed E-state index contributed by atoms with van der Waals surface area (Å²) in [4.78, 5) is 18.2. The average molecular weight is 549 g/mol. The van der Waals surface area contributed by atoms with Crippen molar-refractivity contribution in [3.8, 4) is 11.3 Å². The molecule has 0 saturated carbocycles. The van der Waals surface area contributed by atoms with Gasteiger partial charge in [-0.3, -0.25) is 9.71 Å². The lowest BCUT2D eigenvalue weighted by molar-refractivity contribution is 0.0697. The fourth-order valence-corrected chi connectivity index (χ4v) is 5.55. The van der Waals surface area contributed by atoms with Crippen LogP contribution in [0.4, 0.5) is 11.4 Å². The maximum absolute atomic E-state index is 11.8. The van der Waals surface area contributed by atoms with Crippen molar-refractivity contribution in [2.45, 2.75) is 19.0 Å². The second kappa shape index (κ2) is 9.92. The van der Waals surface area contributed by atoms with Gasteiger partial charge in [-0.15, -0.1) is 0 Å². The van der Waals surface area contributed by atoms with Gasteiger partial charge in [0.25, 0.3) is 0 Å². The van der Waals surface area contributed by atoms with E-state index in [1.54, 1.807) is 42.6 Å². The summed E-state index contributed by atoms with van der Waals surface area (Å²) in [5, 5.41) is 13.4. The highest BCUT2D eigenvalue weighted by Gasteiger charge is 2.42. The number of aryl methyl sites for hydroxylation is 1. The first-order chi connectivity index (χ1) is 18.1. The summed E-state index contributed by atoms with van der Waals surface area (Å²) in [5.41, 5.74) is 3.26. The van der Waals surface area contributed by atoms with Crippen molar-refractivity contribution in [2.75, 3.05) is 15.9 Å². The first-order valence-corrected chi connectivity index (χ1v) is 13.9. The van der Waals surface area contributed by atoms with E-state index in [-0.39, 0.29) is 11.6 Å². The minimum absolute atomic E-state index is 0.135. The fourth-order valence-electron chi connectivity index (χ4n) is 4.57. The molecule has 1 aliphatic heterocycles. The fraction of sp³-hybridized carbons (Fsp3) is 0.148. The maximum Gasteiger partial charge on any atom is 0.336 e. The van der Waals surface area contributed by atoms with Crippen LogP contribution in [-0.2, 0) is 10.0 Å². The number of nitrogens with one attached hydrogen (secondary N) is 2. The summed E-state index contributed by atoms with van der Waals surface area (Å²) in [6.45, 7) is 1.81. The Morgan fingerprint density at radius 2 is 1.87 bits per heavy atom. The molecule has 0 aliphatic carbocycles. The standard InChI is InChI=1S/C27H24N4O5S2/c1-16-15-17(10-11-20(16)30-38(2,34)35)31-25(24(29-27(31)37)21-9-5-6-14-28-21)23-13-12-22(36-23)18-7-3-4-8-19(18)26(32)33/h3-15,24-25,30H,1-2H3,(H,29,37)(H,32,33)/t24-,25+/m0/s1. The molecule has 2 atom stereocenters. The van der Waals surface area contributed by atoms with E-state index in [4.69, 9.17) is 16.6 Å². The molecular weight excluding hydrogens is 524 g/mol. The van der Waals surface area contributed by atoms with E-state index in [9.17, 15) is 18.3 Å². The number of rotatable bonds is 7. The number of aromatic carboxylic acids is 1. The Morgan fingerprint density at radius 3 is 2.55 bits per heavy atom. The monoisotopic (exact) mass is 548 g/mol. The number of furan rings is 1. The third-order valence-corrected chi connectivity index (χ3v) is 7.13. The average Bonchev–Trinajstić information content (AvgIpc) is 3.49. The molecule has 4 aromatic rings. The van der Waals surface area contributed by atoms with Gasteiger partial charge in [-0.25, -0.2) is 13.2 Å². The van der Waals surface area contributed by atoms with Gasteiger partial charge in [0.05, 0.1) is 29.2 Å². The molecule has 0 spiro atoms. The Labute approximate surface area is 225 Å². The Bertz CT molecular complexity index is 1640. The largest absolute Gasteiger partial charge is 0.478 e. The summed E-state index contributed by atoms with van der Waals surface area (Å²) < 4.78 is 32.3. The molecular formula is C27H24N4O5S2.